The van der Waals surface area contributed by atoms with Crippen molar-refractivity contribution in [3.8, 4) is 0 Å². The molecule has 0 aromatic carbocycles. The van der Waals surface area contributed by atoms with E-state index in [4.69, 9.17) is 4.74 Å². The summed E-state index contributed by atoms with van der Waals surface area (Å²) in [5.41, 5.74) is 0.214. The fraction of sp³-hybridized carbons (Fsp3) is 0.583. The smallest absolute Gasteiger partial charge is 0.303 e. The van der Waals surface area contributed by atoms with Crippen LogP contribution in [0.5, 0.6) is 0 Å². The molecule has 7 nitrogen and oxygen atoms in total. The Hall–Kier alpha value is -1.73. The van der Waals surface area contributed by atoms with Crippen LogP contribution in [0.4, 0.5) is 0 Å². The van der Waals surface area contributed by atoms with E-state index in [1.807, 2.05) is 0 Å². The summed E-state index contributed by atoms with van der Waals surface area (Å²) in [7, 11) is 0. The van der Waals surface area contributed by atoms with Crippen LogP contribution in [-0.4, -0.2) is 33.4 Å². The van der Waals surface area contributed by atoms with Gasteiger partial charge in [-0.05, 0) is 19.8 Å². The largest absolute Gasteiger partial charge is 0.385 e. The highest BCUT2D eigenvalue weighted by atomic mass is 16.5. The first-order valence-corrected chi connectivity index (χ1v) is 6.46. The number of hydrogen-bond acceptors (Lipinski definition) is 4. The molecule has 1 atom stereocenters. The molecule has 1 fully saturated rings. The van der Waals surface area contributed by atoms with Gasteiger partial charge in [0, 0.05) is 13.2 Å². The summed E-state index contributed by atoms with van der Waals surface area (Å²) in [6, 6.07) is 0. The second kappa shape index (κ2) is 4.75. The minimum atomic E-state index is -0.804. The van der Waals surface area contributed by atoms with Gasteiger partial charge in [-0.25, -0.2) is 4.98 Å². The molecule has 0 aliphatic carbocycles. The monoisotopic (exact) mass is 265 g/mol. The third-order valence-corrected chi connectivity index (χ3v) is 3.50. The number of hydrogen-bond donors (Lipinski definition) is 3. The Morgan fingerprint density at radius 2 is 2.26 bits per heavy atom. The summed E-state index contributed by atoms with van der Waals surface area (Å²) in [6.45, 7) is 3.02. The Kier molecular flexibility index (Phi) is 3.08. The molecule has 7 heteroatoms. The highest BCUT2D eigenvalue weighted by Crippen LogP contribution is 2.23. The summed E-state index contributed by atoms with van der Waals surface area (Å²) in [5.74, 6) is 1.47. The van der Waals surface area contributed by atoms with Crippen LogP contribution in [0.25, 0.3) is 5.52 Å². The fourth-order valence-electron chi connectivity index (χ4n) is 2.43. The Labute approximate surface area is 109 Å². The standard InChI is InChI=1S/C12H16N4O3/c1-7(17)10-14-12(18)9-6-13-11(16(9)15-10)8-2-4-19-5-3-8/h6-8,17H,2-5H2,1H3,(H,14,15,18)/p+1. The number of aromatic nitrogens is 4. The van der Waals surface area contributed by atoms with Gasteiger partial charge in [0.05, 0.1) is 5.92 Å². The van der Waals surface area contributed by atoms with Crippen LogP contribution in [-0.2, 0) is 4.74 Å². The molecule has 3 N–H and O–H groups in total. The maximum absolute atomic E-state index is 11.9. The molecule has 3 rings (SSSR count). The first kappa shape index (κ1) is 12.3. The van der Waals surface area contributed by atoms with Gasteiger partial charge in [0.15, 0.2) is 5.82 Å². The third-order valence-electron chi connectivity index (χ3n) is 3.50. The number of ether oxygens (including phenoxy) is 1. The summed E-state index contributed by atoms with van der Waals surface area (Å²) in [4.78, 5) is 17.6. The van der Waals surface area contributed by atoms with E-state index in [0.29, 0.717) is 11.4 Å². The number of aliphatic hydroxyl groups excluding tert-OH is 1. The van der Waals surface area contributed by atoms with Crippen LogP contribution in [0.2, 0.25) is 0 Å². The Morgan fingerprint density at radius 1 is 1.53 bits per heavy atom. The van der Waals surface area contributed by atoms with Crippen molar-refractivity contribution in [2.75, 3.05) is 13.2 Å². The van der Waals surface area contributed by atoms with Gasteiger partial charge in [0.2, 0.25) is 0 Å². The number of aliphatic hydroxyl groups is 1. The van der Waals surface area contributed by atoms with Gasteiger partial charge in [-0.2, -0.15) is 0 Å². The number of aromatic amines is 2. The van der Waals surface area contributed by atoms with Gasteiger partial charge in [0.1, 0.15) is 12.3 Å². The number of rotatable bonds is 2. The summed E-state index contributed by atoms with van der Waals surface area (Å²) in [6.07, 6.45) is 2.66. The average Bonchev–Trinajstić information content (AvgIpc) is 2.84. The van der Waals surface area contributed by atoms with E-state index >= 15 is 0 Å². The van der Waals surface area contributed by atoms with E-state index in [1.54, 1.807) is 17.6 Å². The lowest BCUT2D eigenvalue weighted by molar-refractivity contribution is -0.593. The van der Waals surface area contributed by atoms with Gasteiger partial charge in [-0.15, -0.1) is 0 Å². The number of nitrogens with zero attached hydrogens (tertiary/aromatic N) is 2. The molecule has 0 amide bonds. The topological polar surface area (TPSA) is 95.1 Å². The van der Waals surface area contributed by atoms with E-state index in [9.17, 15) is 9.90 Å². The van der Waals surface area contributed by atoms with Gasteiger partial charge in [-0.3, -0.25) is 4.79 Å². The molecule has 2 aromatic rings. The van der Waals surface area contributed by atoms with Crippen molar-refractivity contribution in [3.63, 3.8) is 0 Å². The van der Waals surface area contributed by atoms with Crippen molar-refractivity contribution in [3.05, 3.63) is 28.2 Å². The van der Waals surface area contributed by atoms with Gasteiger partial charge < -0.3 is 14.8 Å². The maximum Gasteiger partial charge on any atom is 0.303 e. The average molecular weight is 265 g/mol. The first-order valence-electron chi connectivity index (χ1n) is 6.46. The second-order valence-corrected chi connectivity index (χ2v) is 4.87. The van der Waals surface area contributed by atoms with Crippen molar-refractivity contribution in [2.24, 2.45) is 0 Å². The second-order valence-electron chi connectivity index (χ2n) is 4.87. The predicted octanol–water partition coefficient (Wildman–Crippen LogP) is -0.216. The zero-order valence-electron chi connectivity index (χ0n) is 10.7. The van der Waals surface area contributed by atoms with Crippen LogP contribution >= 0.6 is 0 Å². The number of fused-ring (bicyclic) bond motifs is 1. The quantitative estimate of drug-likeness (QED) is 0.654. The minimum Gasteiger partial charge on any atom is -0.385 e. The Morgan fingerprint density at radius 3 is 2.95 bits per heavy atom. The van der Waals surface area contributed by atoms with Crippen LogP contribution in [0.3, 0.4) is 0 Å². The summed E-state index contributed by atoms with van der Waals surface area (Å²) in [5, 5.41) is 13.9. The molecule has 0 radical (unpaired) electrons. The van der Waals surface area contributed by atoms with E-state index in [1.165, 1.54) is 0 Å². The van der Waals surface area contributed by atoms with Gasteiger partial charge in [-0.1, -0.05) is 9.61 Å². The van der Waals surface area contributed by atoms with Crippen LogP contribution in [0.1, 0.15) is 43.4 Å². The highest BCUT2D eigenvalue weighted by molar-refractivity contribution is 5.32. The van der Waals surface area contributed by atoms with E-state index < -0.39 is 6.10 Å². The Balaban J connectivity index is 2.12. The summed E-state index contributed by atoms with van der Waals surface area (Å²) >= 11 is 0. The lowest BCUT2D eigenvalue weighted by Crippen LogP contribution is -2.39. The first-order chi connectivity index (χ1) is 9.16. The Bertz CT molecular complexity index is 640. The zero-order valence-corrected chi connectivity index (χ0v) is 10.7. The lowest BCUT2D eigenvalue weighted by atomic mass is 10.00. The maximum atomic E-state index is 11.9. The molecular formula is C12H17N4O3+. The molecule has 2 aromatic heterocycles. The molecule has 102 valence electrons. The number of imidazole rings is 1. The molecule has 19 heavy (non-hydrogen) atoms. The number of H-pyrrole nitrogens is 2. The van der Waals surface area contributed by atoms with Crippen molar-refractivity contribution in [1.82, 2.24) is 15.1 Å². The third kappa shape index (κ3) is 2.15. The van der Waals surface area contributed by atoms with Crippen molar-refractivity contribution >= 4 is 5.52 Å². The highest BCUT2D eigenvalue weighted by Gasteiger charge is 2.28. The number of nitrogens with one attached hydrogen (secondary N) is 2. The van der Waals surface area contributed by atoms with Crippen LogP contribution in [0, 0.1) is 0 Å². The molecule has 3 heterocycles. The molecule has 0 spiro atoms. The van der Waals surface area contributed by atoms with E-state index in [-0.39, 0.29) is 11.4 Å². The van der Waals surface area contributed by atoms with Gasteiger partial charge >= 0.3 is 5.56 Å². The van der Waals surface area contributed by atoms with Crippen molar-refractivity contribution < 1.29 is 14.4 Å². The molecular weight excluding hydrogens is 248 g/mol. The molecule has 0 saturated carbocycles. The summed E-state index contributed by atoms with van der Waals surface area (Å²) < 4.78 is 6.95. The normalized spacial score (nSPS) is 18.8. The molecule has 1 aliphatic rings. The van der Waals surface area contributed by atoms with Crippen molar-refractivity contribution in [2.45, 2.75) is 31.8 Å². The van der Waals surface area contributed by atoms with E-state index in [2.05, 4.69) is 15.1 Å². The zero-order chi connectivity index (χ0) is 13.4. The predicted molar refractivity (Wildman–Crippen MR) is 65.8 cm³/mol. The molecule has 1 saturated heterocycles. The van der Waals surface area contributed by atoms with Crippen LogP contribution in [0.15, 0.2) is 11.0 Å². The SMILES string of the molecule is CC(O)c1n[n+]2c(C3CCOCC3)[nH]cc2c(=O)[nH]1. The molecule has 0 bridgehead atoms. The molecule has 1 unspecified atom stereocenters. The minimum absolute atomic E-state index is 0.250. The van der Waals surface area contributed by atoms with Crippen molar-refractivity contribution in [1.29, 1.82) is 0 Å². The molecule has 1 aliphatic heterocycles. The van der Waals surface area contributed by atoms with Gasteiger partial charge in [0.25, 0.3) is 11.3 Å². The van der Waals surface area contributed by atoms with Crippen LogP contribution < -0.4 is 10.1 Å². The lowest BCUT2D eigenvalue weighted by Gasteiger charge is -2.17. The van der Waals surface area contributed by atoms with E-state index in [0.717, 1.165) is 31.9 Å². The fourth-order valence-corrected chi connectivity index (χ4v) is 2.43.